The molecule has 0 radical (unpaired) electrons. The van der Waals surface area contributed by atoms with Gasteiger partial charge in [0.2, 0.25) is 35.4 Å². The van der Waals surface area contributed by atoms with E-state index in [9.17, 15) is 28.8 Å². The minimum absolute atomic E-state index is 0.00272. The number of rotatable bonds is 3. The lowest BCUT2D eigenvalue weighted by molar-refractivity contribution is -0.157. The van der Waals surface area contributed by atoms with E-state index >= 15 is 0 Å². The number of allylic oxidation sites excluding steroid dienone is 6. The molecular formula is C30H30N6O6. The van der Waals surface area contributed by atoms with Gasteiger partial charge in [-0.2, -0.15) is 0 Å². The molecule has 4 aliphatic heterocycles. The summed E-state index contributed by atoms with van der Waals surface area (Å²) in [5, 5.41) is 9.44. The van der Waals surface area contributed by atoms with Gasteiger partial charge in [0.25, 0.3) is 0 Å². The van der Waals surface area contributed by atoms with Crippen molar-refractivity contribution in [1.29, 1.82) is 0 Å². The van der Waals surface area contributed by atoms with Gasteiger partial charge in [0.1, 0.15) is 18.9 Å². The zero-order valence-corrected chi connectivity index (χ0v) is 22.5. The van der Waals surface area contributed by atoms with E-state index in [0.717, 1.165) is 34.0 Å². The SMILES string of the molecule is O=C1C2C3C=CC(C3)C2C(=O)N1C1NC(N2C(=O)C3C4C=CC(C4)C3C2=O)NC(N2C(=O)C3C4C=CC(C4)C3C2=O)N1. The Balaban J connectivity index is 1.01. The molecule has 0 aromatic carbocycles. The quantitative estimate of drug-likeness (QED) is 0.288. The molecule has 12 nitrogen and oxygen atoms in total. The highest BCUT2D eigenvalue weighted by molar-refractivity contribution is 6.08. The zero-order chi connectivity index (χ0) is 28.3. The van der Waals surface area contributed by atoms with Crippen molar-refractivity contribution in [3.8, 4) is 0 Å². The first kappa shape index (κ1) is 24.0. The number of hydrogen-bond acceptors (Lipinski definition) is 9. The second-order valence-corrected chi connectivity index (χ2v) is 13.8. The molecule has 216 valence electrons. The molecule has 12 heteroatoms. The van der Waals surface area contributed by atoms with Crippen molar-refractivity contribution >= 4 is 35.4 Å². The summed E-state index contributed by atoms with van der Waals surface area (Å²) in [4.78, 5) is 86.1. The van der Waals surface area contributed by atoms with Crippen molar-refractivity contribution < 1.29 is 28.8 Å². The average molecular weight is 571 g/mol. The molecule has 3 saturated carbocycles. The van der Waals surface area contributed by atoms with Crippen molar-refractivity contribution in [3.05, 3.63) is 36.5 Å². The van der Waals surface area contributed by atoms with Crippen LogP contribution in [-0.2, 0) is 28.8 Å². The Bertz CT molecular complexity index is 1250. The third-order valence-corrected chi connectivity index (χ3v) is 12.2. The van der Waals surface area contributed by atoms with Gasteiger partial charge >= 0.3 is 0 Å². The van der Waals surface area contributed by atoms with Gasteiger partial charge in [-0.15, -0.1) is 0 Å². The number of nitrogens with zero attached hydrogens (tertiary/aromatic N) is 3. The highest BCUT2D eigenvalue weighted by Gasteiger charge is 2.65. The maximum absolute atomic E-state index is 13.8. The molecule has 0 spiro atoms. The van der Waals surface area contributed by atoms with Gasteiger partial charge in [-0.3, -0.25) is 59.4 Å². The molecule has 0 aromatic heterocycles. The van der Waals surface area contributed by atoms with Crippen molar-refractivity contribution in [2.75, 3.05) is 0 Å². The van der Waals surface area contributed by atoms with Crippen molar-refractivity contribution in [2.45, 2.75) is 38.1 Å². The van der Waals surface area contributed by atoms with E-state index in [1.165, 1.54) is 0 Å². The second kappa shape index (κ2) is 7.72. The van der Waals surface area contributed by atoms with Gasteiger partial charge in [-0.25, -0.2) is 0 Å². The summed E-state index contributed by atoms with van der Waals surface area (Å²) in [5.74, 6) is -4.58. The smallest absolute Gasteiger partial charge is 0.236 e. The highest BCUT2D eigenvalue weighted by atomic mass is 16.2. The Morgan fingerprint density at radius 2 is 0.571 bits per heavy atom. The van der Waals surface area contributed by atoms with E-state index < -0.39 is 54.4 Å². The normalized spacial score (nSPS) is 52.3. The first-order valence-corrected chi connectivity index (χ1v) is 15.3. The van der Waals surface area contributed by atoms with Crippen molar-refractivity contribution in [1.82, 2.24) is 30.7 Å². The summed E-state index contributed by atoms with van der Waals surface area (Å²) in [7, 11) is 0. The third kappa shape index (κ3) is 2.66. The number of imide groups is 3. The van der Waals surface area contributed by atoms with Crippen LogP contribution in [0.4, 0.5) is 0 Å². The van der Waals surface area contributed by atoms with Crippen LogP contribution >= 0.6 is 0 Å². The molecule has 3 N–H and O–H groups in total. The maximum atomic E-state index is 13.8. The lowest BCUT2D eigenvalue weighted by Gasteiger charge is -2.46. The number of fused-ring (bicyclic) bond motifs is 15. The molecule has 10 rings (SSSR count). The number of carbonyl (C=O) groups excluding carboxylic acids is 6. The van der Waals surface area contributed by atoms with Gasteiger partial charge in [-0.1, -0.05) is 36.5 Å². The first-order valence-electron chi connectivity index (χ1n) is 15.3. The number of nitrogens with one attached hydrogen (secondary N) is 3. The Hall–Kier alpha value is -3.48. The van der Waals surface area contributed by atoms with Crippen LogP contribution in [0.3, 0.4) is 0 Å². The monoisotopic (exact) mass is 570 g/mol. The van der Waals surface area contributed by atoms with Crippen LogP contribution in [0.2, 0.25) is 0 Å². The molecule has 10 aliphatic rings. The largest absolute Gasteiger partial charge is 0.274 e. The van der Waals surface area contributed by atoms with Crippen molar-refractivity contribution in [2.24, 2.45) is 71.0 Å². The molecule has 6 bridgehead atoms. The topological polar surface area (TPSA) is 148 Å². The minimum Gasteiger partial charge on any atom is -0.274 e. The number of carbonyl (C=O) groups is 6. The molecule has 0 aromatic rings. The number of hydrogen-bond donors (Lipinski definition) is 3. The fourth-order valence-corrected chi connectivity index (χ4v) is 10.6. The summed E-state index contributed by atoms with van der Waals surface area (Å²) >= 11 is 0. The molecule has 4 heterocycles. The van der Waals surface area contributed by atoms with E-state index in [1.54, 1.807) is 0 Å². The lowest BCUT2D eigenvalue weighted by atomic mass is 9.85. The zero-order valence-electron chi connectivity index (χ0n) is 22.5. The van der Waals surface area contributed by atoms with Crippen LogP contribution in [-0.4, -0.2) is 69.0 Å². The third-order valence-electron chi connectivity index (χ3n) is 12.2. The Kier molecular flexibility index (Phi) is 4.41. The van der Waals surface area contributed by atoms with E-state index in [4.69, 9.17) is 0 Å². The van der Waals surface area contributed by atoms with E-state index in [1.807, 2.05) is 36.5 Å². The lowest BCUT2D eigenvalue weighted by Crippen LogP contribution is -2.79. The summed E-state index contributed by atoms with van der Waals surface area (Å²) in [6.07, 6.45) is 11.1. The maximum Gasteiger partial charge on any atom is 0.236 e. The molecule has 12 unspecified atom stereocenters. The van der Waals surface area contributed by atoms with Crippen LogP contribution in [0.5, 0.6) is 0 Å². The van der Waals surface area contributed by atoms with Gasteiger partial charge in [0.15, 0.2) is 0 Å². The summed E-state index contributed by atoms with van der Waals surface area (Å²) < 4.78 is 0. The fourth-order valence-electron chi connectivity index (χ4n) is 10.6. The molecule has 6 amide bonds. The van der Waals surface area contributed by atoms with E-state index in [-0.39, 0.29) is 71.0 Å². The van der Waals surface area contributed by atoms with Gasteiger partial charge in [0.05, 0.1) is 35.5 Å². The standard InChI is InChI=1S/C30H30N6O6/c37-22-16-10-1-2-11(7-10)17(16)23(38)34(22)28-31-29(35-24(39)18-12-3-4-13(8-12)19(18)25(35)40)33-30(32-28)36-26(41)20-14-5-6-15(9-14)21(20)27(36)42/h1-6,10-21,28-33H,7-9H2. The summed E-state index contributed by atoms with van der Waals surface area (Å²) in [6.45, 7) is 0. The summed E-state index contributed by atoms with van der Waals surface area (Å²) in [5.41, 5.74) is 0. The Morgan fingerprint density at radius 3 is 0.762 bits per heavy atom. The first-order chi connectivity index (χ1) is 20.3. The molecule has 7 fully saturated rings. The van der Waals surface area contributed by atoms with Crippen LogP contribution in [0, 0.1) is 71.0 Å². The predicted octanol–water partition coefficient (Wildman–Crippen LogP) is -0.959. The van der Waals surface area contributed by atoms with Crippen LogP contribution in [0.25, 0.3) is 0 Å². The Labute approximate surface area is 240 Å². The molecular weight excluding hydrogens is 540 g/mol. The van der Waals surface area contributed by atoms with E-state index in [2.05, 4.69) is 16.0 Å². The second-order valence-electron chi connectivity index (χ2n) is 13.8. The summed E-state index contributed by atoms with van der Waals surface area (Å²) in [6, 6.07) is 0. The fraction of sp³-hybridized carbons (Fsp3) is 0.600. The highest BCUT2D eigenvalue weighted by Crippen LogP contribution is 2.55. The van der Waals surface area contributed by atoms with Gasteiger partial charge < -0.3 is 0 Å². The molecule has 12 atom stereocenters. The number of amides is 6. The van der Waals surface area contributed by atoms with E-state index in [0.29, 0.717) is 0 Å². The van der Waals surface area contributed by atoms with Gasteiger partial charge in [-0.05, 0) is 54.8 Å². The average Bonchev–Trinajstić information content (AvgIpc) is 3.82. The minimum atomic E-state index is -1.13. The molecule has 42 heavy (non-hydrogen) atoms. The van der Waals surface area contributed by atoms with Crippen LogP contribution < -0.4 is 16.0 Å². The van der Waals surface area contributed by atoms with Crippen LogP contribution in [0.1, 0.15) is 19.3 Å². The molecule has 4 saturated heterocycles. The Morgan fingerprint density at radius 1 is 0.381 bits per heavy atom. The van der Waals surface area contributed by atoms with Gasteiger partial charge in [0, 0.05) is 0 Å². The molecule has 6 aliphatic carbocycles. The number of likely N-dealkylation sites (tertiary alicyclic amines) is 3. The van der Waals surface area contributed by atoms with Crippen molar-refractivity contribution in [3.63, 3.8) is 0 Å². The van der Waals surface area contributed by atoms with Crippen LogP contribution in [0.15, 0.2) is 36.5 Å². The predicted molar refractivity (Wildman–Crippen MR) is 139 cm³/mol.